The highest BCUT2D eigenvalue weighted by Crippen LogP contribution is 2.31. The van der Waals surface area contributed by atoms with Crippen molar-refractivity contribution >= 4 is 5.78 Å². The molecule has 2 nitrogen and oxygen atoms in total. The first-order chi connectivity index (χ1) is 6.27. The highest BCUT2D eigenvalue weighted by atomic mass is 16.1. The van der Waals surface area contributed by atoms with E-state index in [1.54, 1.807) is 0 Å². The van der Waals surface area contributed by atoms with Gasteiger partial charge in [0.15, 0.2) is 0 Å². The monoisotopic (exact) mass is 177 g/mol. The molecule has 2 rings (SSSR count). The lowest BCUT2D eigenvalue weighted by Gasteiger charge is -2.16. The van der Waals surface area contributed by atoms with E-state index in [1.165, 1.54) is 0 Å². The van der Waals surface area contributed by atoms with Crippen LogP contribution in [0.2, 0.25) is 0 Å². The quantitative estimate of drug-likeness (QED) is 0.708. The van der Waals surface area contributed by atoms with Crippen molar-refractivity contribution in [3.63, 3.8) is 0 Å². The summed E-state index contributed by atoms with van der Waals surface area (Å²) < 4.78 is 0. The van der Waals surface area contributed by atoms with Crippen molar-refractivity contribution in [3.8, 4) is 0 Å². The van der Waals surface area contributed by atoms with Gasteiger partial charge in [-0.15, -0.1) is 0 Å². The third-order valence-corrected chi connectivity index (χ3v) is 2.84. The van der Waals surface area contributed by atoms with Gasteiger partial charge in [0.05, 0.1) is 0 Å². The predicted molar refractivity (Wildman–Crippen MR) is 52.1 cm³/mol. The lowest BCUT2D eigenvalue weighted by Crippen LogP contribution is -2.26. The van der Waals surface area contributed by atoms with E-state index in [0.717, 1.165) is 12.8 Å². The number of Topliss-reactive ketones (excluding diaryl/α,β-unsaturated/α-hetero) is 1. The molecule has 2 aliphatic rings. The van der Waals surface area contributed by atoms with Crippen molar-refractivity contribution in [2.45, 2.75) is 25.3 Å². The fourth-order valence-electron chi connectivity index (χ4n) is 1.87. The number of allylic oxidation sites excluding steroid dienone is 4. The number of nitrogens with two attached hydrogens (primary N) is 1. The summed E-state index contributed by atoms with van der Waals surface area (Å²) in [5.74, 6) is 1.08. The minimum atomic E-state index is 0.0913. The van der Waals surface area contributed by atoms with Crippen molar-refractivity contribution in [2.24, 2.45) is 17.6 Å². The Morgan fingerprint density at radius 1 is 1.54 bits per heavy atom. The first-order valence-corrected chi connectivity index (χ1v) is 4.89. The number of rotatable bonds is 3. The van der Waals surface area contributed by atoms with Crippen molar-refractivity contribution < 1.29 is 4.79 Å². The van der Waals surface area contributed by atoms with Crippen LogP contribution in [-0.4, -0.2) is 11.8 Å². The Labute approximate surface area is 78.5 Å². The highest BCUT2D eigenvalue weighted by Gasteiger charge is 2.39. The number of ketones is 1. The van der Waals surface area contributed by atoms with Gasteiger partial charge < -0.3 is 5.73 Å². The van der Waals surface area contributed by atoms with Crippen LogP contribution in [0.3, 0.4) is 0 Å². The summed E-state index contributed by atoms with van der Waals surface area (Å²) in [6.45, 7) is 0. The number of hydrogen-bond donors (Lipinski definition) is 1. The third-order valence-electron chi connectivity index (χ3n) is 2.84. The zero-order valence-electron chi connectivity index (χ0n) is 7.65. The van der Waals surface area contributed by atoms with Crippen LogP contribution in [0.1, 0.15) is 19.3 Å². The molecule has 3 atom stereocenters. The van der Waals surface area contributed by atoms with Crippen LogP contribution in [0.4, 0.5) is 0 Å². The molecule has 1 fully saturated rings. The van der Waals surface area contributed by atoms with Crippen LogP contribution in [0.15, 0.2) is 24.3 Å². The fourth-order valence-corrected chi connectivity index (χ4v) is 1.87. The van der Waals surface area contributed by atoms with E-state index in [2.05, 4.69) is 24.3 Å². The molecule has 0 heterocycles. The van der Waals surface area contributed by atoms with Gasteiger partial charge in [-0.05, 0) is 18.8 Å². The summed E-state index contributed by atoms with van der Waals surface area (Å²) in [6.07, 6.45) is 11.2. The van der Waals surface area contributed by atoms with E-state index >= 15 is 0 Å². The fraction of sp³-hybridized carbons (Fsp3) is 0.545. The van der Waals surface area contributed by atoms with Gasteiger partial charge in [0.1, 0.15) is 5.78 Å². The lowest BCUT2D eigenvalue weighted by molar-refractivity contribution is -0.111. The molecule has 2 aliphatic carbocycles. The highest BCUT2D eigenvalue weighted by molar-refractivity contribution is 5.96. The van der Waals surface area contributed by atoms with Gasteiger partial charge in [0, 0.05) is 18.4 Å². The van der Waals surface area contributed by atoms with Crippen molar-refractivity contribution in [3.05, 3.63) is 24.3 Å². The molecule has 2 N–H and O–H groups in total. The van der Waals surface area contributed by atoms with Crippen LogP contribution in [-0.2, 0) is 4.79 Å². The second kappa shape index (κ2) is 3.46. The number of carbonyl (C=O) groups is 1. The molecule has 1 saturated carbocycles. The van der Waals surface area contributed by atoms with Crippen LogP contribution in [0.5, 0.6) is 0 Å². The Hall–Kier alpha value is -0.890. The maximum Gasteiger partial charge on any atom is 0.138 e. The van der Waals surface area contributed by atoms with Crippen LogP contribution in [0, 0.1) is 11.8 Å². The zero-order valence-corrected chi connectivity index (χ0v) is 7.65. The third kappa shape index (κ3) is 2.07. The minimum Gasteiger partial charge on any atom is -0.327 e. The van der Waals surface area contributed by atoms with Gasteiger partial charge >= 0.3 is 0 Å². The van der Waals surface area contributed by atoms with E-state index in [1.807, 2.05) is 0 Å². The van der Waals surface area contributed by atoms with Gasteiger partial charge in [0.2, 0.25) is 0 Å². The molecule has 0 amide bonds. The molecule has 0 saturated heterocycles. The van der Waals surface area contributed by atoms with E-state index in [4.69, 9.17) is 5.73 Å². The van der Waals surface area contributed by atoms with Crippen LogP contribution >= 0.6 is 0 Å². The minimum absolute atomic E-state index is 0.0913. The van der Waals surface area contributed by atoms with E-state index < -0.39 is 0 Å². The molecule has 0 aliphatic heterocycles. The Kier molecular flexibility index (Phi) is 2.32. The van der Waals surface area contributed by atoms with Crippen molar-refractivity contribution in [1.29, 1.82) is 0 Å². The molecule has 0 aromatic rings. The van der Waals surface area contributed by atoms with E-state index in [9.17, 15) is 4.79 Å². The number of carbonyl (C=O) groups excluding carboxylic acids is 1. The molecule has 0 aromatic heterocycles. The summed E-state index contributed by atoms with van der Waals surface area (Å²) in [4.78, 5) is 10.9. The largest absolute Gasteiger partial charge is 0.327 e. The Balaban J connectivity index is 1.80. The Morgan fingerprint density at radius 2 is 2.31 bits per heavy atom. The van der Waals surface area contributed by atoms with E-state index in [0.29, 0.717) is 18.1 Å². The van der Waals surface area contributed by atoms with Crippen molar-refractivity contribution in [1.82, 2.24) is 0 Å². The summed E-state index contributed by atoms with van der Waals surface area (Å²) >= 11 is 0. The number of hydrogen-bond acceptors (Lipinski definition) is 2. The second-order valence-corrected chi connectivity index (χ2v) is 3.99. The van der Waals surface area contributed by atoms with Crippen LogP contribution < -0.4 is 5.73 Å². The Bertz CT molecular complexity index is 267. The van der Waals surface area contributed by atoms with E-state index in [-0.39, 0.29) is 12.0 Å². The normalized spacial score (nSPS) is 33.5. The summed E-state index contributed by atoms with van der Waals surface area (Å²) in [7, 11) is 0. The average Bonchev–Trinajstić information content (AvgIpc) is 2.84. The molecule has 0 bridgehead atoms. The second-order valence-electron chi connectivity index (χ2n) is 3.99. The predicted octanol–water partition coefficient (Wildman–Crippen LogP) is 1.43. The molecule has 2 heteroatoms. The maximum absolute atomic E-state index is 10.9. The van der Waals surface area contributed by atoms with Gasteiger partial charge in [-0.25, -0.2) is 0 Å². The topological polar surface area (TPSA) is 43.1 Å². The molecule has 13 heavy (non-hydrogen) atoms. The van der Waals surface area contributed by atoms with Crippen LogP contribution in [0.25, 0.3) is 0 Å². The SMILES string of the molecule is N[C@@H](CC1C=CC=CC1)C1CC1=O. The molecule has 70 valence electrons. The Morgan fingerprint density at radius 3 is 2.85 bits per heavy atom. The summed E-state index contributed by atoms with van der Waals surface area (Å²) in [5, 5.41) is 0. The van der Waals surface area contributed by atoms with Crippen molar-refractivity contribution in [2.75, 3.05) is 0 Å². The molecular weight excluding hydrogens is 162 g/mol. The molecular formula is C11H15NO. The molecule has 0 radical (unpaired) electrons. The van der Waals surface area contributed by atoms with Gasteiger partial charge in [-0.3, -0.25) is 4.79 Å². The maximum atomic E-state index is 10.9. The molecule has 0 aromatic carbocycles. The summed E-state index contributed by atoms with van der Waals surface area (Å²) in [5.41, 5.74) is 5.92. The first kappa shape index (κ1) is 8.70. The van der Waals surface area contributed by atoms with Gasteiger partial charge in [-0.1, -0.05) is 24.3 Å². The molecule has 0 spiro atoms. The standard InChI is InChI=1S/C11H15NO/c12-10(9-7-11(9)13)6-8-4-2-1-3-5-8/h1-4,8-10H,5-7,12H2/t8?,9?,10-/m0/s1. The van der Waals surface area contributed by atoms with Gasteiger partial charge in [0.25, 0.3) is 0 Å². The zero-order chi connectivity index (χ0) is 9.26. The summed E-state index contributed by atoms with van der Waals surface area (Å²) in [6, 6.07) is 0.0913. The molecule has 2 unspecified atom stereocenters. The average molecular weight is 177 g/mol. The van der Waals surface area contributed by atoms with Gasteiger partial charge in [-0.2, -0.15) is 0 Å². The smallest absolute Gasteiger partial charge is 0.138 e. The lowest BCUT2D eigenvalue weighted by atomic mass is 9.92. The first-order valence-electron chi connectivity index (χ1n) is 4.89.